The van der Waals surface area contributed by atoms with Gasteiger partial charge in [0.25, 0.3) is 0 Å². The average Bonchev–Trinajstić information content (AvgIpc) is 2.17. The lowest BCUT2D eigenvalue weighted by Crippen LogP contribution is -2.07. The predicted molar refractivity (Wildman–Crippen MR) is 61.7 cm³/mol. The topological polar surface area (TPSA) is 47.9 Å². The number of benzene rings is 1. The molecule has 16 heavy (non-hydrogen) atoms. The van der Waals surface area contributed by atoms with Crippen LogP contribution in [0.4, 0.5) is 0 Å². The predicted octanol–water partition coefficient (Wildman–Crippen LogP) is 2.51. The van der Waals surface area contributed by atoms with Crippen molar-refractivity contribution in [2.45, 2.75) is 26.9 Å². The highest BCUT2D eigenvalue weighted by Crippen LogP contribution is 2.43. The van der Waals surface area contributed by atoms with E-state index in [1.54, 1.807) is 7.11 Å². The van der Waals surface area contributed by atoms with Crippen molar-refractivity contribution in [3.05, 3.63) is 11.6 Å². The maximum Gasteiger partial charge on any atom is 0.167 e. The first kappa shape index (κ1) is 12.5. The number of hydrogen-bond donors (Lipinski definition) is 1. The molecular formula is C12H18O4. The van der Waals surface area contributed by atoms with E-state index in [0.717, 1.165) is 5.56 Å². The normalized spacial score (nSPS) is 10.4. The molecule has 0 aromatic heterocycles. The summed E-state index contributed by atoms with van der Waals surface area (Å²) in [4.78, 5) is 0. The number of hydrogen-bond acceptors (Lipinski definition) is 4. The summed E-state index contributed by atoms with van der Waals surface area (Å²) < 4.78 is 15.9. The van der Waals surface area contributed by atoms with Gasteiger partial charge in [-0.25, -0.2) is 0 Å². The Balaban J connectivity index is 3.29. The van der Waals surface area contributed by atoms with Crippen molar-refractivity contribution in [2.75, 3.05) is 14.2 Å². The number of rotatable bonds is 4. The van der Waals surface area contributed by atoms with Crippen LogP contribution in [0, 0.1) is 6.92 Å². The minimum atomic E-state index is 0.0149. The van der Waals surface area contributed by atoms with Crippen molar-refractivity contribution in [3.63, 3.8) is 0 Å². The van der Waals surface area contributed by atoms with E-state index in [1.165, 1.54) is 13.2 Å². The van der Waals surface area contributed by atoms with E-state index in [2.05, 4.69) is 0 Å². The molecule has 0 aliphatic heterocycles. The van der Waals surface area contributed by atoms with Gasteiger partial charge in [-0.1, -0.05) is 0 Å². The largest absolute Gasteiger partial charge is 0.504 e. The second-order valence-electron chi connectivity index (χ2n) is 3.75. The molecule has 0 spiro atoms. The van der Waals surface area contributed by atoms with E-state index in [0.29, 0.717) is 17.2 Å². The molecule has 0 fully saturated rings. The second-order valence-corrected chi connectivity index (χ2v) is 3.75. The Hall–Kier alpha value is -1.58. The Morgan fingerprint density at radius 3 is 2.12 bits per heavy atom. The van der Waals surface area contributed by atoms with Crippen LogP contribution in [0.5, 0.6) is 23.0 Å². The number of phenols is 1. The van der Waals surface area contributed by atoms with Gasteiger partial charge in [0.1, 0.15) is 0 Å². The van der Waals surface area contributed by atoms with Crippen LogP contribution < -0.4 is 14.2 Å². The Labute approximate surface area is 95.8 Å². The van der Waals surface area contributed by atoms with E-state index in [9.17, 15) is 5.11 Å². The molecule has 0 saturated carbocycles. The highest BCUT2D eigenvalue weighted by atomic mass is 16.5. The van der Waals surface area contributed by atoms with Crippen LogP contribution in [0.2, 0.25) is 0 Å². The Morgan fingerprint density at radius 2 is 1.69 bits per heavy atom. The molecule has 0 saturated heterocycles. The SMILES string of the molecule is COc1c(O)cc(OC(C)C)c(OC)c1C. The summed E-state index contributed by atoms with van der Waals surface area (Å²) in [5.41, 5.74) is 0.723. The van der Waals surface area contributed by atoms with Crippen molar-refractivity contribution < 1.29 is 19.3 Å². The van der Waals surface area contributed by atoms with Gasteiger partial charge < -0.3 is 19.3 Å². The molecule has 0 unspecified atom stereocenters. The van der Waals surface area contributed by atoms with Crippen LogP contribution in [-0.4, -0.2) is 25.4 Å². The zero-order chi connectivity index (χ0) is 12.3. The number of methoxy groups -OCH3 is 2. The summed E-state index contributed by atoms with van der Waals surface area (Å²) in [5, 5.41) is 9.74. The fraction of sp³-hybridized carbons (Fsp3) is 0.500. The molecule has 0 heterocycles. The van der Waals surface area contributed by atoms with Gasteiger partial charge in [0.05, 0.1) is 20.3 Å². The van der Waals surface area contributed by atoms with Crippen molar-refractivity contribution in [1.82, 2.24) is 0 Å². The van der Waals surface area contributed by atoms with E-state index in [4.69, 9.17) is 14.2 Å². The highest BCUT2D eigenvalue weighted by molar-refractivity contribution is 5.60. The third kappa shape index (κ3) is 2.32. The summed E-state index contributed by atoms with van der Waals surface area (Å²) in [6, 6.07) is 1.50. The van der Waals surface area contributed by atoms with Crippen LogP contribution in [0.1, 0.15) is 19.4 Å². The second kappa shape index (κ2) is 4.96. The minimum Gasteiger partial charge on any atom is -0.504 e. The fourth-order valence-corrected chi connectivity index (χ4v) is 1.59. The van der Waals surface area contributed by atoms with Crippen molar-refractivity contribution >= 4 is 0 Å². The van der Waals surface area contributed by atoms with Gasteiger partial charge in [-0.05, 0) is 20.8 Å². The molecule has 1 rings (SSSR count). The third-order valence-corrected chi connectivity index (χ3v) is 2.18. The lowest BCUT2D eigenvalue weighted by atomic mass is 10.1. The average molecular weight is 226 g/mol. The fourth-order valence-electron chi connectivity index (χ4n) is 1.59. The quantitative estimate of drug-likeness (QED) is 0.857. The summed E-state index contributed by atoms with van der Waals surface area (Å²) in [6.45, 7) is 5.64. The summed E-state index contributed by atoms with van der Waals surface area (Å²) >= 11 is 0. The van der Waals surface area contributed by atoms with Crippen molar-refractivity contribution in [1.29, 1.82) is 0 Å². The molecule has 0 bridgehead atoms. The Kier molecular flexibility index (Phi) is 3.88. The van der Waals surface area contributed by atoms with E-state index in [1.807, 2.05) is 20.8 Å². The maximum atomic E-state index is 9.74. The van der Waals surface area contributed by atoms with Gasteiger partial charge in [-0.3, -0.25) is 0 Å². The van der Waals surface area contributed by atoms with Gasteiger partial charge in [0, 0.05) is 11.6 Å². The summed E-state index contributed by atoms with van der Waals surface area (Å²) in [6.07, 6.45) is 0.0149. The number of aromatic hydroxyl groups is 1. The molecule has 1 N–H and O–H groups in total. The highest BCUT2D eigenvalue weighted by Gasteiger charge is 2.17. The van der Waals surface area contributed by atoms with E-state index in [-0.39, 0.29) is 11.9 Å². The van der Waals surface area contributed by atoms with Gasteiger partial charge >= 0.3 is 0 Å². The number of ether oxygens (including phenoxy) is 3. The first-order chi connectivity index (χ1) is 7.51. The zero-order valence-corrected chi connectivity index (χ0v) is 10.3. The summed E-state index contributed by atoms with van der Waals surface area (Å²) in [7, 11) is 3.07. The smallest absolute Gasteiger partial charge is 0.167 e. The molecule has 90 valence electrons. The first-order valence-electron chi connectivity index (χ1n) is 5.12. The Bertz CT molecular complexity index is 372. The van der Waals surface area contributed by atoms with Crippen LogP contribution in [-0.2, 0) is 0 Å². The van der Waals surface area contributed by atoms with Gasteiger partial charge in [0.15, 0.2) is 23.0 Å². The summed E-state index contributed by atoms with van der Waals surface area (Å²) in [5.74, 6) is 1.57. The zero-order valence-electron chi connectivity index (χ0n) is 10.3. The lowest BCUT2D eigenvalue weighted by molar-refractivity contribution is 0.227. The van der Waals surface area contributed by atoms with Crippen LogP contribution in [0.3, 0.4) is 0 Å². The molecule has 1 aromatic carbocycles. The molecule has 0 amide bonds. The molecule has 0 atom stereocenters. The Morgan fingerprint density at radius 1 is 1.12 bits per heavy atom. The van der Waals surface area contributed by atoms with Gasteiger partial charge in [-0.2, -0.15) is 0 Å². The van der Waals surface area contributed by atoms with Crippen molar-refractivity contribution in [3.8, 4) is 23.0 Å². The van der Waals surface area contributed by atoms with E-state index < -0.39 is 0 Å². The lowest BCUT2D eigenvalue weighted by Gasteiger charge is -2.18. The molecule has 0 radical (unpaired) electrons. The third-order valence-electron chi connectivity index (χ3n) is 2.18. The molecule has 4 heteroatoms. The molecule has 0 aliphatic rings. The van der Waals surface area contributed by atoms with Crippen molar-refractivity contribution in [2.24, 2.45) is 0 Å². The van der Waals surface area contributed by atoms with E-state index >= 15 is 0 Å². The maximum absolute atomic E-state index is 9.74. The molecule has 4 nitrogen and oxygen atoms in total. The van der Waals surface area contributed by atoms with Crippen LogP contribution in [0.15, 0.2) is 6.07 Å². The minimum absolute atomic E-state index is 0.0149. The molecule has 0 aliphatic carbocycles. The van der Waals surface area contributed by atoms with Gasteiger partial charge in [0.2, 0.25) is 0 Å². The number of phenolic OH excluding ortho intramolecular Hbond substituents is 1. The molecular weight excluding hydrogens is 208 g/mol. The van der Waals surface area contributed by atoms with Gasteiger partial charge in [-0.15, -0.1) is 0 Å². The first-order valence-corrected chi connectivity index (χ1v) is 5.12. The monoisotopic (exact) mass is 226 g/mol. The molecule has 1 aromatic rings. The van der Waals surface area contributed by atoms with Crippen LogP contribution >= 0.6 is 0 Å². The standard InChI is InChI=1S/C12H18O4/c1-7(2)16-10-6-9(13)11(14-4)8(3)12(10)15-5/h6-7,13H,1-5H3. The van der Waals surface area contributed by atoms with Crippen LogP contribution in [0.25, 0.3) is 0 Å².